The first-order valence-electron chi connectivity index (χ1n) is 7.74. The van der Waals surface area contributed by atoms with E-state index in [0.29, 0.717) is 6.04 Å². The SMILES string of the molecule is CCCNC(C)c1ccnc(N2CC3CCC2C3)c1. The lowest BCUT2D eigenvalue weighted by Crippen LogP contribution is -2.32. The average molecular weight is 259 g/mol. The summed E-state index contributed by atoms with van der Waals surface area (Å²) in [5, 5.41) is 3.55. The van der Waals surface area contributed by atoms with Crippen molar-refractivity contribution >= 4 is 5.82 Å². The lowest BCUT2D eigenvalue weighted by atomic mass is 10.1. The highest BCUT2D eigenvalue weighted by atomic mass is 15.2. The summed E-state index contributed by atoms with van der Waals surface area (Å²) >= 11 is 0. The van der Waals surface area contributed by atoms with Crippen molar-refractivity contribution in [1.82, 2.24) is 10.3 Å². The van der Waals surface area contributed by atoms with Crippen LogP contribution >= 0.6 is 0 Å². The molecule has 3 rings (SSSR count). The lowest BCUT2D eigenvalue weighted by Gasteiger charge is -2.28. The summed E-state index contributed by atoms with van der Waals surface area (Å²) < 4.78 is 0. The second-order valence-electron chi connectivity index (χ2n) is 6.11. The molecular weight excluding hydrogens is 234 g/mol. The van der Waals surface area contributed by atoms with Crippen LogP contribution < -0.4 is 10.2 Å². The fourth-order valence-electron chi connectivity index (χ4n) is 3.54. The number of aromatic nitrogens is 1. The number of rotatable bonds is 5. The van der Waals surface area contributed by atoms with Gasteiger partial charge in [0.15, 0.2) is 0 Å². The fraction of sp³-hybridized carbons (Fsp3) is 0.688. The largest absolute Gasteiger partial charge is 0.353 e. The first-order chi connectivity index (χ1) is 9.28. The molecule has 1 aliphatic heterocycles. The molecule has 3 unspecified atom stereocenters. The minimum absolute atomic E-state index is 0.418. The number of hydrogen-bond donors (Lipinski definition) is 1. The second kappa shape index (κ2) is 5.49. The van der Waals surface area contributed by atoms with Gasteiger partial charge in [0.05, 0.1) is 0 Å². The highest BCUT2D eigenvalue weighted by Crippen LogP contribution is 2.39. The maximum atomic E-state index is 4.60. The summed E-state index contributed by atoms with van der Waals surface area (Å²) in [6, 6.07) is 5.60. The van der Waals surface area contributed by atoms with Gasteiger partial charge in [0.1, 0.15) is 5.82 Å². The van der Waals surface area contributed by atoms with E-state index < -0.39 is 0 Å². The molecule has 2 bridgehead atoms. The highest BCUT2D eigenvalue weighted by molar-refractivity contribution is 5.45. The molecule has 1 aromatic rings. The molecule has 19 heavy (non-hydrogen) atoms. The predicted octanol–water partition coefficient (Wildman–Crippen LogP) is 3.13. The molecule has 0 aromatic carbocycles. The molecule has 2 fully saturated rings. The molecule has 2 aliphatic rings. The molecule has 1 N–H and O–H groups in total. The van der Waals surface area contributed by atoms with Gasteiger partial charge in [-0.3, -0.25) is 0 Å². The Kier molecular flexibility index (Phi) is 3.74. The van der Waals surface area contributed by atoms with Gasteiger partial charge in [0.25, 0.3) is 0 Å². The summed E-state index contributed by atoms with van der Waals surface area (Å²) in [6.07, 6.45) is 7.32. The van der Waals surface area contributed by atoms with Crippen molar-refractivity contribution in [3.63, 3.8) is 0 Å². The number of nitrogens with zero attached hydrogens (tertiary/aromatic N) is 2. The van der Waals surface area contributed by atoms with Gasteiger partial charge < -0.3 is 10.2 Å². The van der Waals surface area contributed by atoms with Gasteiger partial charge in [-0.05, 0) is 62.8 Å². The van der Waals surface area contributed by atoms with Crippen molar-refractivity contribution in [2.45, 2.75) is 51.6 Å². The predicted molar refractivity (Wildman–Crippen MR) is 79.4 cm³/mol. The monoisotopic (exact) mass is 259 g/mol. The van der Waals surface area contributed by atoms with E-state index in [1.54, 1.807) is 0 Å². The number of pyridine rings is 1. The first kappa shape index (κ1) is 12.9. The summed E-state index contributed by atoms with van der Waals surface area (Å²) in [5.41, 5.74) is 1.36. The summed E-state index contributed by atoms with van der Waals surface area (Å²) in [4.78, 5) is 7.13. The Hall–Kier alpha value is -1.09. The maximum absolute atomic E-state index is 4.60. The van der Waals surface area contributed by atoms with Gasteiger partial charge in [-0.1, -0.05) is 6.92 Å². The van der Waals surface area contributed by atoms with Crippen LogP contribution in [0.1, 0.15) is 51.1 Å². The number of piperidine rings is 1. The van der Waals surface area contributed by atoms with E-state index in [9.17, 15) is 0 Å². The number of fused-ring (bicyclic) bond motifs is 2. The molecule has 1 aliphatic carbocycles. The molecule has 2 heterocycles. The van der Waals surface area contributed by atoms with E-state index in [1.165, 1.54) is 43.6 Å². The van der Waals surface area contributed by atoms with Crippen molar-refractivity contribution in [1.29, 1.82) is 0 Å². The van der Waals surface area contributed by atoms with Crippen LogP contribution in [0.4, 0.5) is 5.82 Å². The van der Waals surface area contributed by atoms with Crippen LogP contribution in [0.2, 0.25) is 0 Å². The van der Waals surface area contributed by atoms with E-state index in [-0.39, 0.29) is 0 Å². The summed E-state index contributed by atoms with van der Waals surface area (Å²) in [6.45, 7) is 6.74. The Balaban J connectivity index is 1.73. The van der Waals surface area contributed by atoms with Crippen LogP contribution in [0.5, 0.6) is 0 Å². The average Bonchev–Trinajstić information content (AvgIpc) is 3.07. The van der Waals surface area contributed by atoms with Crippen molar-refractivity contribution in [2.75, 3.05) is 18.0 Å². The van der Waals surface area contributed by atoms with Gasteiger partial charge in [-0.2, -0.15) is 0 Å². The molecule has 0 radical (unpaired) electrons. The third-order valence-electron chi connectivity index (χ3n) is 4.67. The van der Waals surface area contributed by atoms with E-state index in [1.807, 2.05) is 6.20 Å². The Morgan fingerprint density at radius 3 is 3.05 bits per heavy atom. The minimum Gasteiger partial charge on any atom is -0.353 e. The molecule has 3 nitrogen and oxygen atoms in total. The lowest BCUT2D eigenvalue weighted by molar-refractivity contribution is 0.548. The summed E-state index contributed by atoms with van der Waals surface area (Å²) in [5.74, 6) is 2.11. The Labute approximate surface area is 116 Å². The van der Waals surface area contributed by atoms with Crippen molar-refractivity contribution in [3.05, 3.63) is 23.9 Å². The van der Waals surface area contributed by atoms with Crippen molar-refractivity contribution in [2.24, 2.45) is 5.92 Å². The van der Waals surface area contributed by atoms with Crippen LogP contribution in [0, 0.1) is 5.92 Å². The smallest absolute Gasteiger partial charge is 0.129 e. The third kappa shape index (κ3) is 2.62. The van der Waals surface area contributed by atoms with Gasteiger partial charge in [0, 0.05) is 24.8 Å². The molecule has 3 atom stereocenters. The normalized spacial score (nSPS) is 26.9. The molecule has 1 aromatic heterocycles. The van der Waals surface area contributed by atoms with E-state index in [2.05, 4.69) is 41.2 Å². The van der Waals surface area contributed by atoms with Gasteiger partial charge in [-0.25, -0.2) is 4.98 Å². The topological polar surface area (TPSA) is 28.2 Å². The fourth-order valence-corrected chi connectivity index (χ4v) is 3.54. The number of hydrogen-bond acceptors (Lipinski definition) is 3. The molecular formula is C16H25N3. The van der Waals surface area contributed by atoms with Crippen molar-refractivity contribution in [3.8, 4) is 0 Å². The van der Waals surface area contributed by atoms with Crippen LogP contribution in [-0.2, 0) is 0 Å². The third-order valence-corrected chi connectivity index (χ3v) is 4.67. The van der Waals surface area contributed by atoms with E-state index in [0.717, 1.165) is 18.5 Å². The molecule has 3 heteroatoms. The van der Waals surface area contributed by atoms with E-state index in [4.69, 9.17) is 0 Å². The Morgan fingerprint density at radius 2 is 2.37 bits per heavy atom. The number of nitrogens with one attached hydrogen (secondary N) is 1. The van der Waals surface area contributed by atoms with Crippen LogP contribution in [-0.4, -0.2) is 24.1 Å². The molecule has 1 saturated carbocycles. The standard InChI is InChI=1S/C16H25N3/c1-3-7-17-12(2)14-6-8-18-16(10-14)19-11-13-4-5-15(19)9-13/h6,8,10,12-13,15,17H,3-5,7,9,11H2,1-2H3. The Bertz CT molecular complexity index is 432. The maximum Gasteiger partial charge on any atom is 0.129 e. The Morgan fingerprint density at radius 1 is 1.47 bits per heavy atom. The minimum atomic E-state index is 0.418. The van der Waals surface area contributed by atoms with Gasteiger partial charge in [-0.15, -0.1) is 0 Å². The van der Waals surface area contributed by atoms with Crippen LogP contribution in [0.3, 0.4) is 0 Å². The quantitative estimate of drug-likeness (QED) is 0.880. The molecule has 1 saturated heterocycles. The van der Waals surface area contributed by atoms with Gasteiger partial charge >= 0.3 is 0 Å². The van der Waals surface area contributed by atoms with Crippen LogP contribution in [0.25, 0.3) is 0 Å². The zero-order valence-electron chi connectivity index (χ0n) is 12.1. The summed E-state index contributed by atoms with van der Waals surface area (Å²) in [7, 11) is 0. The zero-order valence-corrected chi connectivity index (χ0v) is 12.1. The first-order valence-corrected chi connectivity index (χ1v) is 7.74. The second-order valence-corrected chi connectivity index (χ2v) is 6.11. The van der Waals surface area contributed by atoms with Gasteiger partial charge in [0.2, 0.25) is 0 Å². The molecule has 104 valence electrons. The highest BCUT2D eigenvalue weighted by Gasteiger charge is 2.38. The number of anilines is 1. The molecule has 0 amide bonds. The molecule has 0 spiro atoms. The zero-order chi connectivity index (χ0) is 13.2. The van der Waals surface area contributed by atoms with E-state index >= 15 is 0 Å². The van der Waals surface area contributed by atoms with Crippen molar-refractivity contribution < 1.29 is 0 Å². The van der Waals surface area contributed by atoms with Crippen LogP contribution in [0.15, 0.2) is 18.3 Å².